The molecule has 0 bridgehead atoms. The minimum absolute atomic E-state index is 0.745. The monoisotopic (exact) mass is 376 g/mol. The number of benzene rings is 4. The second-order valence-corrected chi connectivity index (χ2v) is 7.07. The van der Waals surface area contributed by atoms with Crippen LogP contribution < -0.4 is 5.06 Å². The first-order valence-corrected chi connectivity index (χ1v) is 9.65. The fourth-order valence-electron chi connectivity index (χ4n) is 4.15. The normalized spacial score (nSPS) is 16.0. The topological polar surface area (TPSA) is 35.8 Å². The standard InChI is InChI=1S/C26H20N2O/c29-28-24-19-11-10-18-23(24)25(27-22-16-8-3-9-17-22)26(28,20-12-4-1-5-13-20)21-14-6-2-7-15-21/h1-19,29H. The lowest BCUT2D eigenvalue weighted by atomic mass is 9.78. The van der Waals surface area contributed by atoms with Crippen molar-refractivity contribution in [2.45, 2.75) is 5.54 Å². The Morgan fingerprint density at radius 1 is 0.586 bits per heavy atom. The van der Waals surface area contributed by atoms with Crippen molar-refractivity contribution in [3.05, 3.63) is 132 Å². The molecule has 4 aromatic carbocycles. The summed E-state index contributed by atoms with van der Waals surface area (Å²) in [5.74, 6) is 0. The maximum absolute atomic E-state index is 11.6. The summed E-state index contributed by atoms with van der Waals surface area (Å²) >= 11 is 0. The molecule has 4 aromatic rings. The Bertz CT molecular complexity index is 1120. The van der Waals surface area contributed by atoms with Gasteiger partial charge in [0.25, 0.3) is 0 Å². The van der Waals surface area contributed by atoms with E-state index in [2.05, 4.69) is 0 Å². The Morgan fingerprint density at radius 3 is 1.66 bits per heavy atom. The molecule has 1 N–H and O–H groups in total. The number of anilines is 1. The van der Waals surface area contributed by atoms with Gasteiger partial charge < -0.3 is 0 Å². The molecule has 0 fully saturated rings. The summed E-state index contributed by atoms with van der Waals surface area (Å²) < 4.78 is 0. The fourth-order valence-corrected chi connectivity index (χ4v) is 4.15. The second-order valence-electron chi connectivity index (χ2n) is 7.07. The lowest BCUT2D eigenvalue weighted by Gasteiger charge is -2.37. The van der Waals surface area contributed by atoms with Gasteiger partial charge in [0.15, 0.2) is 5.54 Å². The third kappa shape index (κ3) is 2.67. The predicted molar refractivity (Wildman–Crippen MR) is 117 cm³/mol. The lowest BCUT2D eigenvalue weighted by Crippen LogP contribution is -2.47. The molecule has 1 heterocycles. The highest BCUT2D eigenvalue weighted by molar-refractivity contribution is 6.19. The lowest BCUT2D eigenvalue weighted by molar-refractivity contribution is 0.213. The van der Waals surface area contributed by atoms with E-state index < -0.39 is 5.54 Å². The van der Waals surface area contributed by atoms with Crippen LogP contribution in [-0.4, -0.2) is 10.9 Å². The molecule has 0 saturated heterocycles. The number of rotatable bonds is 3. The minimum Gasteiger partial charge on any atom is -0.287 e. The molecule has 0 unspecified atom stereocenters. The molecular formula is C26H20N2O. The van der Waals surface area contributed by atoms with Gasteiger partial charge >= 0.3 is 0 Å². The van der Waals surface area contributed by atoms with Crippen molar-refractivity contribution in [2.24, 2.45) is 4.99 Å². The molecule has 3 nitrogen and oxygen atoms in total. The van der Waals surface area contributed by atoms with E-state index in [0.717, 1.165) is 33.8 Å². The fraction of sp³-hybridized carbons (Fsp3) is 0.0385. The zero-order chi connectivity index (χ0) is 19.7. The molecule has 3 heteroatoms. The van der Waals surface area contributed by atoms with Crippen LogP contribution in [0.5, 0.6) is 0 Å². The summed E-state index contributed by atoms with van der Waals surface area (Å²) in [4.78, 5) is 5.07. The van der Waals surface area contributed by atoms with Crippen molar-refractivity contribution in [3.63, 3.8) is 0 Å². The number of hydrogen-bond donors (Lipinski definition) is 1. The molecule has 0 atom stereocenters. The highest BCUT2D eigenvalue weighted by atomic mass is 16.5. The molecule has 0 saturated carbocycles. The maximum Gasteiger partial charge on any atom is 0.159 e. The summed E-state index contributed by atoms with van der Waals surface area (Å²) in [5.41, 5.74) is 4.30. The van der Waals surface area contributed by atoms with Crippen molar-refractivity contribution in [1.82, 2.24) is 0 Å². The Labute approximate surface area is 170 Å². The minimum atomic E-state index is -0.942. The van der Waals surface area contributed by atoms with E-state index in [1.54, 1.807) is 0 Å². The van der Waals surface area contributed by atoms with Crippen LogP contribution in [0, 0.1) is 0 Å². The third-order valence-corrected chi connectivity index (χ3v) is 5.43. The summed E-state index contributed by atoms with van der Waals surface area (Å²) in [6, 6.07) is 37.9. The van der Waals surface area contributed by atoms with E-state index in [9.17, 15) is 5.21 Å². The van der Waals surface area contributed by atoms with Crippen LogP contribution in [0.4, 0.5) is 11.4 Å². The number of hydroxylamine groups is 1. The second kappa shape index (κ2) is 7.04. The van der Waals surface area contributed by atoms with Gasteiger partial charge in [0.1, 0.15) is 0 Å². The third-order valence-electron chi connectivity index (χ3n) is 5.43. The number of aliphatic imine (C=N–C) groups is 1. The molecule has 140 valence electrons. The molecule has 0 spiro atoms. The van der Waals surface area contributed by atoms with Gasteiger partial charge in [0, 0.05) is 5.56 Å². The highest BCUT2D eigenvalue weighted by Gasteiger charge is 2.52. The van der Waals surface area contributed by atoms with Crippen molar-refractivity contribution in [3.8, 4) is 0 Å². The van der Waals surface area contributed by atoms with Crippen LogP contribution in [0.25, 0.3) is 0 Å². The molecule has 5 rings (SSSR count). The number of hydrogen-bond acceptors (Lipinski definition) is 3. The van der Waals surface area contributed by atoms with Crippen molar-refractivity contribution in [1.29, 1.82) is 0 Å². The van der Waals surface area contributed by atoms with E-state index in [1.807, 2.05) is 115 Å². The van der Waals surface area contributed by atoms with E-state index in [1.165, 1.54) is 5.06 Å². The van der Waals surface area contributed by atoms with Crippen LogP contribution in [-0.2, 0) is 5.54 Å². The average Bonchev–Trinajstić information content (AvgIpc) is 3.05. The Hall–Kier alpha value is -3.69. The summed E-state index contributed by atoms with van der Waals surface area (Å²) in [7, 11) is 0. The van der Waals surface area contributed by atoms with Gasteiger partial charge in [0.05, 0.1) is 17.1 Å². The van der Waals surface area contributed by atoms with Crippen LogP contribution in [0.2, 0.25) is 0 Å². The average molecular weight is 376 g/mol. The van der Waals surface area contributed by atoms with Gasteiger partial charge in [-0.1, -0.05) is 97.1 Å². The van der Waals surface area contributed by atoms with Crippen molar-refractivity contribution in [2.75, 3.05) is 5.06 Å². The van der Waals surface area contributed by atoms with E-state index >= 15 is 0 Å². The van der Waals surface area contributed by atoms with Gasteiger partial charge in [-0.2, -0.15) is 0 Å². The predicted octanol–water partition coefficient (Wildman–Crippen LogP) is 5.96. The van der Waals surface area contributed by atoms with Crippen molar-refractivity contribution < 1.29 is 5.21 Å². The quantitative estimate of drug-likeness (QED) is 0.479. The number of nitrogens with zero attached hydrogens (tertiary/aromatic N) is 2. The van der Waals surface area contributed by atoms with Gasteiger partial charge in [-0.3, -0.25) is 5.21 Å². The highest BCUT2D eigenvalue weighted by Crippen LogP contribution is 2.49. The van der Waals surface area contributed by atoms with E-state index in [4.69, 9.17) is 4.99 Å². The molecular weight excluding hydrogens is 356 g/mol. The first kappa shape index (κ1) is 17.4. The summed E-state index contributed by atoms with van der Waals surface area (Å²) in [6.45, 7) is 0. The zero-order valence-corrected chi connectivity index (χ0v) is 15.8. The Balaban J connectivity index is 1.89. The zero-order valence-electron chi connectivity index (χ0n) is 15.8. The van der Waals surface area contributed by atoms with Gasteiger partial charge in [-0.25, -0.2) is 10.1 Å². The number of fused-ring (bicyclic) bond motifs is 1. The maximum atomic E-state index is 11.6. The van der Waals surface area contributed by atoms with Gasteiger partial charge in [0.2, 0.25) is 0 Å². The van der Waals surface area contributed by atoms with Crippen LogP contribution in [0.1, 0.15) is 16.7 Å². The van der Waals surface area contributed by atoms with Crippen LogP contribution in [0.15, 0.2) is 120 Å². The first-order chi connectivity index (χ1) is 14.3. The molecule has 1 aliphatic heterocycles. The van der Waals surface area contributed by atoms with Crippen LogP contribution in [0.3, 0.4) is 0 Å². The molecule has 0 aliphatic carbocycles. The van der Waals surface area contributed by atoms with Gasteiger partial charge in [-0.05, 0) is 29.3 Å². The van der Waals surface area contributed by atoms with E-state index in [0.29, 0.717) is 0 Å². The van der Waals surface area contributed by atoms with Crippen molar-refractivity contribution >= 4 is 17.1 Å². The summed E-state index contributed by atoms with van der Waals surface area (Å²) in [5, 5.41) is 13.0. The molecule has 0 amide bonds. The first-order valence-electron chi connectivity index (χ1n) is 9.65. The molecule has 0 aromatic heterocycles. The Kier molecular flexibility index (Phi) is 4.23. The largest absolute Gasteiger partial charge is 0.287 e. The number of para-hydroxylation sites is 2. The molecule has 29 heavy (non-hydrogen) atoms. The smallest absolute Gasteiger partial charge is 0.159 e. The SMILES string of the molecule is ON1c2ccccc2C(=Nc2ccccc2)C1(c1ccccc1)c1ccccc1. The van der Waals surface area contributed by atoms with Crippen LogP contribution >= 0.6 is 0 Å². The Morgan fingerprint density at radius 2 is 1.07 bits per heavy atom. The molecule has 1 aliphatic rings. The van der Waals surface area contributed by atoms with E-state index in [-0.39, 0.29) is 0 Å². The summed E-state index contributed by atoms with van der Waals surface area (Å²) in [6.07, 6.45) is 0. The molecule has 0 radical (unpaired) electrons. The van der Waals surface area contributed by atoms with Gasteiger partial charge in [-0.15, -0.1) is 0 Å².